The van der Waals surface area contributed by atoms with Gasteiger partial charge in [0, 0.05) is 0 Å². The van der Waals surface area contributed by atoms with E-state index in [0.717, 1.165) is 0 Å². The van der Waals surface area contributed by atoms with Gasteiger partial charge in [-0.1, -0.05) is 0 Å². The van der Waals surface area contributed by atoms with E-state index in [1.165, 1.54) is 75.7 Å². The molecule has 0 spiro atoms. The van der Waals surface area contributed by atoms with Crippen molar-refractivity contribution in [3.8, 4) is 0 Å². The second-order valence-electron chi connectivity index (χ2n) is 11.3. The average Bonchev–Trinajstić information content (AvgIpc) is 3.69. The number of nitrogens with zero attached hydrogens (tertiary/aromatic N) is 2. The molecule has 2 nitrogen and oxygen atoms in total. The molecule has 0 saturated heterocycles. The van der Waals surface area contributed by atoms with Gasteiger partial charge >= 0.3 is 242 Å². The Labute approximate surface area is 241 Å². The molecule has 4 aromatic heterocycles. The molecule has 0 aliphatic carbocycles. The summed E-state index contributed by atoms with van der Waals surface area (Å²) in [5.41, 5.74) is 2.59. The van der Waals surface area contributed by atoms with Gasteiger partial charge < -0.3 is 0 Å². The van der Waals surface area contributed by atoms with Crippen LogP contribution in [0.2, 0.25) is 0 Å². The molecule has 0 fully saturated rings. The van der Waals surface area contributed by atoms with Gasteiger partial charge in [-0.15, -0.1) is 0 Å². The van der Waals surface area contributed by atoms with Crippen LogP contribution in [0.25, 0.3) is 92.7 Å². The van der Waals surface area contributed by atoms with Crippen molar-refractivity contribution >= 4 is 122 Å². The Morgan fingerprint density at radius 2 is 0.750 bits per heavy atom. The van der Waals surface area contributed by atoms with E-state index < -0.39 is 0 Å². The van der Waals surface area contributed by atoms with Crippen molar-refractivity contribution in [2.75, 3.05) is 0 Å². The standard InChI is InChI=1S/C36H22N2Se2/c1-37-5-3-19-7-21-9-27-17-33-29(13-23(27)11-25(21)15-31(19)37)35-36(39-33)30-14-24-12-26-16-32-20(4-6-38(32)2)8-22(26)10-28(24)18-34(30)40-35/h3-18H,1-2H3. The van der Waals surface area contributed by atoms with Gasteiger partial charge in [-0.2, -0.15) is 0 Å². The number of aryl methyl sites for hydroxylation is 2. The molecule has 10 aromatic rings. The van der Waals surface area contributed by atoms with Crippen molar-refractivity contribution in [1.82, 2.24) is 9.13 Å². The van der Waals surface area contributed by atoms with E-state index in [2.05, 4.69) is 121 Å². The average molecular weight is 641 g/mol. The Morgan fingerprint density at radius 1 is 0.400 bits per heavy atom. The summed E-state index contributed by atoms with van der Waals surface area (Å²) in [6.07, 6.45) is 4.31. The van der Waals surface area contributed by atoms with Gasteiger partial charge in [-0.3, -0.25) is 0 Å². The maximum absolute atomic E-state index is 2.50. The third-order valence-corrected chi connectivity index (χ3v) is 14.5. The maximum atomic E-state index is 2.50. The van der Waals surface area contributed by atoms with E-state index in [-0.39, 0.29) is 0 Å². The predicted octanol–water partition coefficient (Wildman–Crippen LogP) is 8.86. The van der Waals surface area contributed by atoms with Crippen LogP contribution in [-0.2, 0) is 14.1 Å². The topological polar surface area (TPSA) is 9.86 Å². The van der Waals surface area contributed by atoms with Crippen LogP contribution in [0.4, 0.5) is 0 Å². The van der Waals surface area contributed by atoms with Crippen LogP contribution in [0.1, 0.15) is 0 Å². The minimum absolute atomic E-state index is 0.351. The second-order valence-corrected chi connectivity index (χ2v) is 15.7. The molecular weight excluding hydrogens is 618 g/mol. The number of aromatic nitrogens is 2. The summed E-state index contributed by atoms with van der Waals surface area (Å²) in [7, 11) is 4.26. The zero-order chi connectivity index (χ0) is 26.3. The molecule has 0 N–H and O–H groups in total. The normalized spacial score (nSPS) is 12.8. The van der Waals surface area contributed by atoms with Gasteiger partial charge in [-0.05, 0) is 0 Å². The fraction of sp³-hybridized carbons (Fsp3) is 0.0556. The summed E-state index contributed by atoms with van der Waals surface area (Å²) >= 11 is 0.702. The molecule has 6 aromatic carbocycles. The van der Waals surface area contributed by atoms with Crippen LogP contribution >= 0.6 is 0 Å². The van der Waals surface area contributed by atoms with Gasteiger partial charge in [0.05, 0.1) is 0 Å². The number of fused-ring (bicyclic) bond motifs is 11. The summed E-state index contributed by atoms with van der Waals surface area (Å²) in [5, 5.41) is 16.4. The van der Waals surface area contributed by atoms with E-state index in [1.54, 1.807) is 17.0 Å². The Kier molecular flexibility index (Phi) is 4.11. The first-order valence-electron chi connectivity index (χ1n) is 13.6. The first-order valence-corrected chi connectivity index (χ1v) is 17.0. The molecule has 0 saturated carbocycles. The fourth-order valence-corrected chi connectivity index (χ4v) is 13.2. The van der Waals surface area contributed by atoms with Crippen LogP contribution in [0, 0.1) is 0 Å². The Bertz CT molecular complexity index is 2540. The summed E-state index contributed by atoms with van der Waals surface area (Å²) in [5.74, 6) is 0. The SMILES string of the molecule is Cn1ccc2cc3cc4cc5[se]c6c7cc8cc9cc%10c(ccn%10C)cc9cc8cc7[se]c6c5cc4cc3cc21. The molecule has 0 amide bonds. The van der Waals surface area contributed by atoms with Gasteiger partial charge in [0.15, 0.2) is 0 Å². The van der Waals surface area contributed by atoms with Crippen LogP contribution in [0.15, 0.2) is 97.3 Å². The first-order chi connectivity index (χ1) is 19.6. The third-order valence-electron chi connectivity index (χ3n) is 8.91. The summed E-state index contributed by atoms with van der Waals surface area (Å²) in [4.78, 5) is 0. The second kappa shape index (κ2) is 7.49. The molecule has 0 aliphatic rings. The molecule has 10 rings (SSSR count). The van der Waals surface area contributed by atoms with Crippen molar-refractivity contribution in [2.24, 2.45) is 14.1 Å². The summed E-state index contributed by atoms with van der Waals surface area (Å²) < 4.78 is 10.8. The predicted molar refractivity (Wildman–Crippen MR) is 176 cm³/mol. The molecule has 0 bridgehead atoms. The molecule has 0 radical (unpaired) electrons. The fourth-order valence-electron chi connectivity index (χ4n) is 6.79. The van der Waals surface area contributed by atoms with Crippen molar-refractivity contribution in [2.45, 2.75) is 0 Å². The molecule has 188 valence electrons. The van der Waals surface area contributed by atoms with Crippen LogP contribution < -0.4 is 0 Å². The number of hydrogen-bond donors (Lipinski definition) is 0. The molecule has 0 unspecified atom stereocenters. The monoisotopic (exact) mass is 642 g/mol. The van der Waals surface area contributed by atoms with Crippen molar-refractivity contribution in [3.05, 3.63) is 97.3 Å². The van der Waals surface area contributed by atoms with Crippen LogP contribution in [-0.4, -0.2) is 38.1 Å². The zero-order valence-electron chi connectivity index (χ0n) is 21.9. The van der Waals surface area contributed by atoms with E-state index in [9.17, 15) is 0 Å². The Morgan fingerprint density at radius 3 is 1.20 bits per heavy atom. The molecule has 0 aliphatic heterocycles. The van der Waals surface area contributed by atoms with Crippen molar-refractivity contribution in [3.63, 3.8) is 0 Å². The van der Waals surface area contributed by atoms with Crippen LogP contribution in [0.5, 0.6) is 0 Å². The van der Waals surface area contributed by atoms with Crippen molar-refractivity contribution < 1.29 is 0 Å². The van der Waals surface area contributed by atoms with Gasteiger partial charge in [0.25, 0.3) is 0 Å². The number of rotatable bonds is 0. The molecule has 40 heavy (non-hydrogen) atoms. The third kappa shape index (κ3) is 2.89. The van der Waals surface area contributed by atoms with Gasteiger partial charge in [-0.25, -0.2) is 0 Å². The Balaban J connectivity index is 1.23. The summed E-state index contributed by atoms with van der Waals surface area (Å²) in [6, 6.07) is 33.4. The van der Waals surface area contributed by atoms with E-state index in [0.29, 0.717) is 29.0 Å². The first kappa shape index (κ1) is 22.0. The zero-order valence-corrected chi connectivity index (χ0v) is 25.4. The van der Waals surface area contributed by atoms with Crippen molar-refractivity contribution in [1.29, 1.82) is 0 Å². The Hall–Kier alpha value is -3.78. The number of hydrogen-bond acceptors (Lipinski definition) is 0. The molecule has 4 heterocycles. The quantitative estimate of drug-likeness (QED) is 0.116. The van der Waals surface area contributed by atoms with E-state index in [4.69, 9.17) is 0 Å². The molecule has 4 heteroatoms. The number of benzene rings is 6. The minimum atomic E-state index is 0.351. The van der Waals surface area contributed by atoms with E-state index >= 15 is 0 Å². The summed E-state index contributed by atoms with van der Waals surface area (Å²) in [6.45, 7) is 0. The molecular formula is C36H22N2Se2. The molecule has 0 atom stereocenters. The van der Waals surface area contributed by atoms with Gasteiger partial charge in [0.1, 0.15) is 0 Å². The van der Waals surface area contributed by atoms with E-state index in [1.807, 2.05) is 0 Å². The van der Waals surface area contributed by atoms with Gasteiger partial charge in [0.2, 0.25) is 0 Å². The van der Waals surface area contributed by atoms with Crippen LogP contribution in [0.3, 0.4) is 0 Å².